The minimum absolute atomic E-state index is 0.120. The van der Waals surface area contributed by atoms with Gasteiger partial charge in [-0.3, -0.25) is 0 Å². The van der Waals surface area contributed by atoms with E-state index in [0.717, 1.165) is 11.1 Å². The number of sulfonamides is 1. The van der Waals surface area contributed by atoms with E-state index in [1.54, 1.807) is 19.9 Å². The van der Waals surface area contributed by atoms with Crippen molar-refractivity contribution in [2.24, 2.45) is 0 Å². The van der Waals surface area contributed by atoms with Gasteiger partial charge in [-0.1, -0.05) is 22.0 Å². The van der Waals surface area contributed by atoms with Crippen LogP contribution in [0.5, 0.6) is 0 Å². The van der Waals surface area contributed by atoms with Crippen LogP contribution in [0.4, 0.5) is 13.2 Å². The van der Waals surface area contributed by atoms with Gasteiger partial charge < -0.3 is 0 Å². The van der Waals surface area contributed by atoms with Crippen LogP contribution in [0.25, 0.3) is 0 Å². The zero-order chi connectivity index (χ0) is 15.6. The minimum atomic E-state index is -4.57. The molecule has 0 aliphatic rings. The summed E-state index contributed by atoms with van der Waals surface area (Å²) in [5.41, 5.74) is 1.60. The van der Waals surface area contributed by atoms with E-state index < -0.39 is 22.7 Å². The van der Waals surface area contributed by atoms with Gasteiger partial charge in [0.1, 0.15) is 6.54 Å². The topological polar surface area (TPSA) is 37.4 Å². The maximum absolute atomic E-state index is 12.5. The van der Waals surface area contributed by atoms with Gasteiger partial charge in [-0.15, -0.1) is 0 Å². The lowest BCUT2D eigenvalue weighted by Gasteiger charge is -2.23. The first-order chi connectivity index (χ1) is 9.08. The minimum Gasteiger partial charge on any atom is -0.207 e. The number of halogens is 4. The van der Waals surface area contributed by atoms with Crippen LogP contribution in [0.3, 0.4) is 0 Å². The molecule has 0 amide bonds. The first-order valence-corrected chi connectivity index (χ1v) is 8.34. The van der Waals surface area contributed by atoms with Gasteiger partial charge >= 0.3 is 6.18 Å². The number of hydrogen-bond donors (Lipinski definition) is 0. The summed E-state index contributed by atoms with van der Waals surface area (Å²) >= 11 is 2.98. The normalized spacial score (nSPS) is 12.9. The summed E-state index contributed by atoms with van der Waals surface area (Å²) in [7, 11) is -4.15. The molecule has 8 heteroatoms. The van der Waals surface area contributed by atoms with Crippen molar-refractivity contribution in [3.63, 3.8) is 0 Å². The molecule has 0 fully saturated rings. The van der Waals surface area contributed by atoms with Crippen molar-refractivity contribution in [3.8, 4) is 0 Å². The Morgan fingerprint density at radius 2 is 1.80 bits per heavy atom. The molecule has 114 valence electrons. The third kappa shape index (κ3) is 4.46. The first kappa shape index (κ1) is 17.5. The number of nitrogens with zero attached hydrogens (tertiary/aromatic N) is 1. The Labute approximate surface area is 125 Å². The molecule has 0 spiro atoms. The van der Waals surface area contributed by atoms with Crippen molar-refractivity contribution in [1.82, 2.24) is 4.31 Å². The van der Waals surface area contributed by atoms with Gasteiger partial charge in [0.2, 0.25) is 10.0 Å². The Bertz CT molecular complexity index is 573. The highest BCUT2D eigenvalue weighted by molar-refractivity contribution is 9.09. The standard InChI is InChI=1S/C12H15BrF3NO2S/c1-9-3-4-11(7-10(9)2)20(18,19)17(6-5-13)8-12(14,15)16/h3-4,7H,5-6,8H2,1-2H3. The van der Waals surface area contributed by atoms with Crippen molar-refractivity contribution in [3.05, 3.63) is 29.3 Å². The molecule has 0 saturated heterocycles. The van der Waals surface area contributed by atoms with Crippen molar-refractivity contribution in [2.45, 2.75) is 24.9 Å². The van der Waals surface area contributed by atoms with Gasteiger partial charge in [0.05, 0.1) is 4.90 Å². The van der Waals surface area contributed by atoms with Gasteiger partial charge in [0.15, 0.2) is 0 Å². The second-order valence-electron chi connectivity index (χ2n) is 4.39. The molecular formula is C12H15BrF3NO2S. The number of rotatable bonds is 5. The van der Waals surface area contributed by atoms with Crippen LogP contribution in [0, 0.1) is 13.8 Å². The van der Waals surface area contributed by atoms with E-state index in [1.807, 2.05) is 0 Å². The first-order valence-electron chi connectivity index (χ1n) is 5.78. The highest BCUT2D eigenvalue weighted by Crippen LogP contribution is 2.24. The predicted molar refractivity (Wildman–Crippen MR) is 74.5 cm³/mol. The Morgan fingerprint density at radius 3 is 2.25 bits per heavy atom. The molecular weight excluding hydrogens is 359 g/mol. The fourth-order valence-corrected chi connectivity index (χ4v) is 3.78. The zero-order valence-electron chi connectivity index (χ0n) is 11.0. The molecule has 0 heterocycles. The highest BCUT2D eigenvalue weighted by Gasteiger charge is 2.36. The van der Waals surface area contributed by atoms with E-state index in [4.69, 9.17) is 0 Å². The lowest BCUT2D eigenvalue weighted by atomic mass is 10.1. The predicted octanol–water partition coefficient (Wildman–Crippen LogP) is 3.25. The third-order valence-electron chi connectivity index (χ3n) is 2.81. The summed E-state index contributed by atoms with van der Waals surface area (Å²) in [5, 5.41) is 0.132. The quantitative estimate of drug-likeness (QED) is 0.742. The summed E-state index contributed by atoms with van der Waals surface area (Å²) in [5.74, 6) is 0. The monoisotopic (exact) mass is 373 g/mol. The molecule has 0 aliphatic heterocycles. The summed E-state index contributed by atoms with van der Waals surface area (Å²) in [4.78, 5) is -0.120. The zero-order valence-corrected chi connectivity index (χ0v) is 13.4. The second-order valence-corrected chi connectivity index (χ2v) is 7.12. The molecule has 0 unspecified atom stereocenters. The average Bonchev–Trinajstić information content (AvgIpc) is 2.30. The Hall–Kier alpha value is -0.600. The molecule has 3 nitrogen and oxygen atoms in total. The van der Waals surface area contributed by atoms with Crippen LogP contribution in [0.15, 0.2) is 23.1 Å². The lowest BCUT2D eigenvalue weighted by molar-refractivity contribution is -0.135. The summed E-state index contributed by atoms with van der Waals surface area (Å²) < 4.78 is 62.5. The van der Waals surface area contributed by atoms with Gasteiger partial charge in [-0.25, -0.2) is 8.42 Å². The molecule has 1 aromatic carbocycles. The summed E-state index contributed by atoms with van der Waals surface area (Å²) in [6.45, 7) is 1.78. The fraction of sp³-hybridized carbons (Fsp3) is 0.500. The average molecular weight is 374 g/mol. The molecule has 0 aliphatic carbocycles. The van der Waals surface area contributed by atoms with E-state index in [-0.39, 0.29) is 16.8 Å². The Morgan fingerprint density at radius 1 is 1.20 bits per heavy atom. The molecule has 20 heavy (non-hydrogen) atoms. The van der Waals surface area contributed by atoms with Crippen LogP contribution in [-0.2, 0) is 10.0 Å². The van der Waals surface area contributed by atoms with Crippen molar-refractivity contribution < 1.29 is 21.6 Å². The number of aryl methyl sites for hydroxylation is 2. The highest BCUT2D eigenvalue weighted by atomic mass is 79.9. The Balaban J connectivity index is 3.18. The number of benzene rings is 1. The molecule has 0 aromatic heterocycles. The van der Waals surface area contributed by atoms with Crippen molar-refractivity contribution >= 4 is 26.0 Å². The largest absolute Gasteiger partial charge is 0.402 e. The molecule has 0 N–H and O–H groups in total. The van der Waals surface area contributed by atoms with Crippen LogP contribution >= 0.6 is 15.9 Å². The van der Waals surface area contributed by atoms with Crippen LogP contribution in [-0.4, -0.2) is 37.3 Å². The van der Waals surface area contributed by atoms with Gasteiger partial charge in [0.25, 0.3) is 0 Å². The smallest absolute Gasteiger partial charge is 0.207 e. The van der Waals surface area contributed by atoms with Crippen LogP contribution in [0.1, 0.15) is 11.1 Å². The third-order valence-corrected chi connectivity index (χ3v) is 5.00. The van der Waals surface area contributed by atoms with Gasteiger partial charge in [0, 0.05) is 11.9 Å². The van der Waals surface area contributed by atoms with Crippen molar-refractivity contribution in [1.29, 1.82) is 0 Å². The Kier molecular flexibility index (Phi) is 5.62. The van der Waals surface area contributed by atoms with Gasteiger partial charge in [-0.05, 0) is 37.1 Å². The molecule has 0 radical (unpaired) electrons. The number of alkyl halides is 4. The lowest BCUT2D eigenvalue weighted by Crippen LogP contribution is -2.40. The van der Waals surface area contributed by atoms with Crippen LogP contribution in [0.2, 0.25) is 0 Å². The van der Waals surface area contributed by atoms with Gasteiger partial charge in [-0.2, -0.15) is 17.5 Å². The molecule has 1 aromatic rings. The molecule has 0 bridgehead atoms. The summed E-state index contributed by atoms with van der Waals surface area (Å²) in [6.07, 6.45) is -4.57. The summed E-state index contributed by atoms with van der Waals surface area (Å²) in [6, 6.07) is 4.31. The van der Waals surface area contributed by atoms with Crippen LogP contribution < -0.4 is 0 Å². The maximum atomic E-state index is 12.5. The molecule has 0 atom stereocenters. The SMILES string of the molecule is Cc1ccc(S(=O)(=O)N(CCBr)CC(F)(F)F)cc1C. The van der Waals surface area contributed by atoms with E-state index in [1.165, 1.54) is 12.1 Å². The van der Waals surface area contributed by atoms with E-state index >= 15 is 0 Å². The maximum Gasteiger partial charge on any atom is 0.402 e. The number of hydrogen-bond acceptors (Lipinski definition) is 2. The van der Waals surface area contributed by atoms with E-state index in [2.05, 4.69) is 15.9 Å². The van der Waals surface area contributed by atoms with Crippen molar-refractivity contribution in [2.75, 3.05) is 18.4 Å². The van der Waals surface area contributed by atoms with E-state index in [0.29, 0.717) is 4.31 Å². The second kappa shape index (κ2) is 6.44. The van der Waals surface area contributed by atoms with E-state index in [9.17, 15) is 21.6 Å². The molecule has 1 rings (SSSR count). The fourth-order valence-electron chi connectivity index (χ4n) is 1.60. The molecule has 0 saturated carbocycles.